The molecule has 15 heavy (non-hydrogen) atoms. The van der Waals surface area contributed by atoms with E-state index in [1.54, 1.807) is 0 Å². The molecule has 0 aromatic heterocycles. The first kappa shape index (κ1) is 14.6. The summed E-state index contributed by atoms with van der Waals surface area (Å²) in [6.45, 7) is -1.15. The van der Waals surface area contributed by atoms with Crippen LogP contribution < -0.4 is 5.73 Å². The van der Waals surface area contributed by atoms with Gasteiger partial charge < -0.3 is 29.9 Å². The summed E-state index contributed by atoms with van der Waals surface area (Å²) in [6, 6.07) is 0. The van der Waals surface area contributed by atoms with Gasteiger partial charge in [0.2, 0.25) is 0 Å². The molecule has 90 valence electrons. The van der Waals surface area contributed by atoms with Gasteiger partial charge in [0.05, 0.1) is 0 Å². The van der Waals surface area contributed by atoms with Gasteiger partial charge in [-0.05, 0) is 0 Å². The Bertz CT molecular complexity index is 262. The summed E-state index contributed by atoms with van der Waals surface area (Å²) in [5.74, 6) is 0. The Morgan fingerprint density at radius 1 is 1.47 bits per heavy atom. The number of aliphatic hydroxyl groups is 3. The van der Waals surface area contributed by atoms with Crippen molar-refractivity contribution in [3.63, 3.8) is 0 Å². The minimum atomic E-state index is -4.86. The van der Waals surface area contributed by atoms with Crippen molar-refractivity contribution in [3.8, 4) is 0 Å². The summed E-state index contributed by atoms with van der Waals surface area (Å²) in [5.41, 5.74) is 2.31. The zero-order valence-electron chi connectivity index (χ0n) is 7.42. The second-order valence-electron chi connectivity index (χ2n) is 2.83. The average molecular weight is 245 g/mol. The van der Waals surface area contributed by atoms with Crippen LogP contribution in [0, 0.1) is 0 Å². The first-order valence-corrected chi connectivity index (χ1v) is 5.16. The molecule has 0 saturated heterocycles. The molecule has 7 N–H and O–H groups in total. The van der Waals surface area contributed by atoms with Gasteiger partial charge in [-0.1, -0.05) is 0 Å². The summed E-state index contributed by atoms with van der Waals surface area (Å²) in [5, 5.41) is 27.0. The van der Waals surface area contributed by atoms with Crippen LogP contribution in [-0.2, 0) is 13.9 Å². The van der Waals surface area contributed by atoms with Gasteiger partial charge in [0, 0.05) is 0 Å². The predicted octanol–water partition coefficient (Wildman–Crippen LogP) is -3.34. The minimum Gasteiger partial charge on any atom is -0.385 e. The number of aldehydes is 1. The van der Waals surface area contributed by atoms with Crippen molar-refractivity contribution >= 4 is 14.1 Å². The zero-order valence-corrected chi connectivity index (χ0v) is 8.32. The lowest BCUT2D eigenvalue weighted by Gasteiger charge is -2.29. The number of carbonyl (C=O) groups is 1. The SMILES string of the molecule is N[C@@](O)(COP(=O)(O)O)[C@@H](O)[C@H](O)C=O. The third-order valence-corrected chi connectivity index (χ3v) is 1.90. The van der Waals surface area contributed by atoms with Gasteiger partial charge in [-0.2, -0.15) is 0 Å². The number of carbonyl (C=O) groups excluding carboxylic acids is 1. The molecule has 0 aromatic rings. The van der Waals surface area contributed by atoms with E-state index in [-0.39, 0.29) is 6.29 Å². The van der Waals surface area contributed by atoms with Crippen LogP contribution in [0.4, 0.5) is 0 Å². The molecule has 0 fully saturated rings. The Hall–Kier alpha value is -0.380. The minimum absolute atomic E-state index is 0.0972. The average Bonchev–Trinajstić information content (AvgIpc) is 2.11. The lowest BCUT2D eigenvalue weighted by atomic mass is 10.0. The molecule has 0 aliphatic rings. The number of phosphoric acid groups is 1. The molecule has 0 aromatic carbocycles. The summed E-state index contributed by atoms with van der Waals surface area (Å²) in [6.07, 6.45) is -4.21. The van der Waals surface area contributed by atoms with Crippen molar-refractivity contribution in [1.29, 1.82) is 0 Å². The van der Waals surface area contributed by atoms with Crippen molar-refractivity contribution in [2.24, 2.45) is 5.73 Å². The van der Waals surface area contributed by atoms with Crippen LogP contribution in [-0.4, -0.2) is 55.9 Å². The smallest absolute Gasteiger partial charge is 0.385 e. The molecule has 0 radical (unpaired) electrons. The molecule has 10 heteroatoms. The Kier molecular flexibility index (Phi) is 4.97. The van der Waals surface area contributed by atoms with Gasteiger partial charge in [-0.25, -0.2) is 4.57 Å². The van der Waals surface area contributed by atoms with E-state index in [0.717, 1.165) is 0 Å². The summed E-state index contributed by atoms with van der Waals surface area (Å²) >= 11 is 0. The highest BCUT2D eigenvalue weighted by atomic mass is 31.2. The number of rotatable bonds is 6. The highest BCUT2D eigenvalue weighted by Gasteiger charge is 2.38. The van der Waals surface area contributed by atoms with E-state index in [2.05, 4.69) is 4.52 Å². The van der Waals surface area contributed by atoms with Gasteiger partial charge in [-0.15, -0.1) is 0 Å². The van der Waals surface area contributed by atoms with Crippen LogP contribution in [0.25, 0.3) is 0 Å². The van der Waals surface area contributed by atoms with Gasteiger partial charge in [0.25, 0.3) is 0 Å². The number of nitrogens with two attached hydrogens (primary N) is 1. The molecule has 0 aliphatic heterocycles. The first-order valence-electron chi connectivity index (χ1n) is 3.63. The van der Waals surface area contributed by atoms with E-state index in [0.29, 0.717) is 0 Å². The van der Waals surface area contributed by atoms with Gasteiger partial charge in [-0.3, -0.25) is 10.3 Å². The van der Waals surface area contributed by atoms with Crippen LogP contribution in [0.5, 0.6) is 0 Å². The molecule has 0 aliphatic carbocycles. The van der Waals surface area contributed by atoms with Crippen molar-refractivity contribution < 1.29 is 39.0 Å². The molecule has 0 rings (SSSR count). The maximum absolute atomic E-state index is 10.2. The van der Waals surface area contributed by atoms with E-state index >= 15 is 0 Å². The fourth-order valence-electron chi connectivity index (χ4n) is 0.643. The third-order valence-electron chi connectivity index (χ3n) is 1.44. The number of phosphoric ester groups is 1. The molecule has 0 spiro atoms. The van der Waals surface area contributed by atoms with Crippen LogP contribution >= 0.6 is 7.82 Å². The molecular weight excluding hydrogens is 233 g/mol. The van der Waals surface area contributed by atoms with E-state index in [4.69, 9.17) is 25.7 Å². The molecule has 0 amide bonds. The molecule has 9 nitrogen and oxygen atoms in total. The van der Waals surface area contributed by atoms with E-state index in [9.17, 15) is 14.5 Å². The number of hydrogen-bond donors (Lipinski definition) is 6. The van der Waals surface area contributed by atoms with E-state index in [1.807, 2.05) is 0 Å². The molecule has 0 bridgehead atoms. The second-order valence-corrected chi connectivity index (χ2v) is 4.07. The second kappa shape index (κ2) is 5.10. The third kappa shape index (κ3) is 5.30. The molecule has 0 saturated carbocycles. The normalized spacial score (nSPS) is 20.4. The topological polar surface area (TPSA) is 171 Å². The summed E-state index contributed by atoms with van der Waals surface area (Å²) in [4.78, 5) is 26.6. The van der Waals surface area contributed by atoms with Crippen LogP contribution in [0.2, 0.25) is 0 Å². The van der Waals surface area contributed by atoms with E-state index < -0.39 is 32.4 Å². The predicted molar refractivity (Wildman–Crippen MR) is 45.2 cm³/mol. The van der Waals surface area contributed by atoms with Gasteiger partial charge in [0.1, 0.15) is 18.8 Å². The Morgan fingerprint density at radius 3 is 2.27 bits per heavy atom. The van der Waals surface area contributed by atoms with Crippen LogP contribution in [0.3, 0.4) is 0 Å². The van der Waals surface area contributed by atoms with Crippen molar-refractivity contribution in [2.75, 3.05) is 6.61 Å². The molecule has 0 heterocycles. The largest absolute Gasteiger partial charge is 0.469 e. The maximum atomic E-state index is 10.2. The lowest BCUT2D eigenvalue weighted by molar-refractivity contribution is -0.150. The monoisotopic (exact) mass is 245 g/mol. The summed E-state index contributed by atoms with van der Waals surface area (Å²) < 4.78 is 14.0. The highest BCUT2D eigenvalue weighted by Crippen LogP contribution is 2.36. The lowest BCUT2D eigenvalue weighted by Crippen LogP contribution is -2.59. The van der Waals surface area contributed by atoms with Gasteiger partial charge >= 0.3 is 7.82 Å². The first-order chi connectivity index (χ1) is 6.60. The number of hydrogen-bond acceptors (Lipinski definition) is 7. The van der Waals surface area contributed by atoms with Crippen LogP contribution in [0.15, 0.2) is 0 Å². The van der Waals surface area contributed by atoms with Crippen molar-refractivity contribution in [2.45, 2.75) is 17.9 Å². The Labute approximate surface area is 84.3 Å². The summed E-state index contributed by atoms with van der Waals surface area (Å²) in [7, 11) is -4.86. The number of aliphatic hydroxyl groups excluding tert-OH is 2. The molecule has 0 unspecified atom stereocenters. The quantitative estimate of drug-likeness (QED) is 0.159. The Morgan fingerprint density at radius 2 is 1.93 bits per heavy atom. The molecule has 3 atom stereocenters. The molecular formula is C5H12NO8P. The van der Waals surface area contributed by atoms with Gasteiger partial charge in [0.15, 0.2) is 12.0 Å². The van der Waals surface area contributed by atoms with Crippen LogP contribution in [0.1, 0.15) is 0 Å². The fourth-order valence-corrected chi connectivity index (χ4v) is 1.02. The zero-order chi connectivity index (χ0) is 12.3. The Balaban J connectivity index is 4.41. The highest BCUT2D eigenvalue weighted by molar-refractivity contribution is 7.46. The van der Waals surface area contributed by atoms with Crippen molar-refractivity contribution in [3.05, 3.63) is 0 Å². The van der Waals surface area contributed by atoms with Crippen molar-refractivity contribution in [1.82, 2.24) is 0 Å². The van der Waals surface area contributed by atoms with E-state index in [1.165, 1.54) is 0 Å². The standard InChI is InChI=1S/C5H12NO8P/c6-5(10,2-14-15(11,12)13)4(9)3(8)1-7/h1,3-4,8-10H,2,6H2,(H2,11,12,13)/t3-,4+,5-/m1/s1. The fraction of sp³-hybridized carbons (Fsp3) is 0.800. The maximum Gasteiger partial charge on any atom is 0.469 e.